The molecular weight excluding hydrogens is 348 g/mol. The monoisotopic (exact) mass is 374 g/mol. The van der Waals surface area contributed by atoms with Crippen LogP contribution in [0.15, 0.2) is 54.6 Å². The summed E-state index contributed by atoms with van der Waals surface area (Å²) in [5.41, 5.74) is 4.82. The molecule has 2 bridgehead atoms. The molecule has 1 fully saturated rings. The summed E-state index contributed by atoms with van der Waals surface area (Å²) in [6.45, 7) is 3.35. The molecule has 1 aliphatic heterocycles. The minimum atomic E-state index is -0.191. The lowest BCUT2D eigenvalue weighted by atomic mass is 9.68. The van der Waals surface area contributed by atoms with E-state index in [9.17, 15) is 4.79 Å². The Hall–Kier alpha value is -2.75. The number of para-hydroxylation sites is 1. The van der Waals surface area contributed by atoms with Crippen molar-refractivity contribution in [1.29, 1.82) is 0 Å². The van der Waals surface area contributed by atoms with Crippen LogP contribution in [0.5, 0.6) is 0 Å². The second-order valence-electron chi connectivity index (χ2n) is 8.07. The van der Waals surface area contributed by atoms with Crippen LogP contribution in [0.4, 0.5) is 4.79 Å². The number of rotatable bonds is 3. The lowest BCUT2D eigenvalue weighted by molar-refractivity contribution is 0.0179. The lowest BCUT2D eigenvalue weighted by Crippen LogP contribution is -2.49. The number of carbonyl (C=O) groups is 1. The van der Waals surface area contributed by atoms with Gasteiger partial charge in [0, 0.05) is 28.7 Å². The Bertz CT molecular complexity index is 994. The molecule has 1 N–H and O–H groups in total. The second kappa shape index (κ2) is 7.01. The zero-order valence-electron chi connectivity index (χ0n) is 16.2. The summed E-state index contributed by atoms with van der Waals surface area (Å²) in [7, 11) is 0. The van der Waals surface area contributed by atoms with Crippen LogP contribution in [0.2, 0.25) is 0 Å². The molecule has 4 heteroatoms. The fourth-order valence-corrected chi connectivity index (χ4v) is 5.31. The Morgan fingerprint density at radius 2 is 1.93 bits per heavy atom. The van der Waals surface area contributed by atoms with E-state index in [0.717, 1.165) is 31.4 Å². The SMILES string of the molecule is CC[C@H]1[C@@H]2CCN(C(=O)OCc3ccccc3)[C@H]1c1c([nH]c3ccccc13)C2. The van der Waals surface area contributed by atoms with Gasteiger partial charge in [0.25, 0.3) is 0 Å². The third kappa shape index (κ3) is 2.79. The average Bonchev–Trinajstić information content (AvgIpc) is 3.10. The summed E-state index contributed by atoms with van der Waals surface area (Å²) in [6.07, 6.45) is 3.02. The molecule has 0 saturated carbocycles. The summed E-state index contributed by atoms with van der Waals surface area (Å²) >= 11 is 0. The standard InChI is InChI=1S/C24H26N2O2/c1-2-18-17-12-13-26(24(27)28-15-16-8-4-3-5-9-16)23(18)22-19-10-6-7-11-20(19)25-21(22)14-17/h3-11,17-18,23,25H,2,12-15H2,1H3/t17-,18+,23-/m1/s1. The molecule has 1 aliphatic carbocycles. The Balaban J connectivity index is 1.48. The Morgan fingerprint density at radius 1 is 1.14 bits per heavy atom. The largest absolute Gasteiger partial charge is 0.445 e. The van der Waals surface area contributed by atoms with E-state index < -0.39 is 0 Å². The van der Waals surface area contributed by atoms with E-state index in [1.807, 2.05) is 35.2 Å². The van der Waals surface area contributed by atoms with Gasteiger partial charge in [-0.2, -0.15) is 0 Å². The molecule has 2 aliphatic rings. The molecule has 1 amide bonds. The number of carbonyl (C=O) groups excluding carboxylic acids is 1. The van der Waals surface area contributed by atoms with Gasteiger partial charge in [-0.05, 0) is 36.3 Å². The molecule has 28 heavy (non-hydrogen) atoms. The maximum Gasteiger partial charge on any atom is 0.410 e. The Morgan fingerprint density at radius 3 is 2.75 bits per heavy atom. The van der Waals surface area contributed by atoms with E-state index in [1.165, 1.54) is 22.2 Å². The maximum atomic E-state index is 13.1. The van der Waals surface area contributed by atoms with Crippen molar-refractivity contribution in [3.05, 3.63) is 71.4 Å². The number of aromatic amines is 1. The van der Waals surface area contributed by atoms with Crippen LogP contribution >= 0.6 is 0 Å². The number of ether oxygens (including phenoxy) is 1. The number of nitrogens with one attached hydrogen (secondary N) is 1. The topological polar surface area (TPSA) is 45.3 Å². The van der Waals surface area contributed by atoms with Crippen molar-refractivity contribution in [2.45, 2.75) is 38.8 Å². The highest BCUT2D eigenvalue weighted by Gasteiger charge is 2.46. The number of nitrogens with zero attached hydrogens (tertiary/aromatic N) is 1. The van der Waals surface area contributed by atoms with Crippen LogP contribution in [0.3, 0.4) is 0 Å². The predicted molar refractivity (Wildman–Crippen MR) is 110 cm³/mol. The van der Waals surface area contributed by atoms with E-state index in [2.05, 4.69) is 36.2 Å². The minimum absolute atomic E-state index is 0.104. The first-order valence-electron chi connectivity index (χ1n) is 10.3. The Kier molecular flexibility index (Phi) is 4.34. The van der Waals surface area contributed by atoms with Crippen molar-refractivity contribution in [3.63, 3.8) is 0 Å². The van der Waals surface area contributed by atoms with Gasteiger partial charge in [-0.1, -0.05) is 61.9 Å². The van der Waals surface area contributed by atoms with Crippen molar-refractivity contribution in [2.75, 3.05) is 6.54 Å². The molecule has 1 saturated heterocycles. The van der Waals surface area contributed by atoms with Crippen molar-refractivity contribution < 1.29 is 9.53 Å². The first-order chi connectivity index (χ1) is 13.8. The number of likely N-dealkylation sites (tertiary alicyclic amines) is 1. The molecular formula is C24H26N2O2. The number of hydrogen-bond acceptors (Lipinski definition) is 2. The van der Waals surface area contributed by atoms with Gasteiger partial charge in [0.2, 0.25) is 0 Å². The minimum Gasteiger partial charge on any atom is -0.445 e. The van der Waals surface area contributed by atoms with Crippen LogP contribution in [0, 0.1) is 11.8 Å². The van der Waals surface area contributed by atoms with Gasteiger partial charge in [0.05, 0.1) is 6.04 Å². The van der Waals surface area contributed by atoms with Crippen molar-refractivity contribution in [3.8, 4) is 0 Å². The molecule has 5 rings (SSSR count). The number of fused-ring (bicyclic) bond motifs is 6. The molecule has 3 aromatic rings. The third-order valence-corrected chi connectivity index (χ3v) is 6.59. The molecule has 0 spiro atoms. The molecule has 2 heterocycles. The van der Waals surface area contributed by atoms with Crippen molar-refractivity contribution >= 4 is 17.0 Å². The van der Waals surface area contributed by atoms with E-state index in [4.69, 9.17) is 4.74 Å². The lowest BCUT2D eigenvalue weighted by Gasteiger charge is -2.48. The second-order valence-corrected chi connectivity index (χ2v) is 8.07. The quantitative estimate of drug-likeness (QED) is 0.662. The average molecular weight is 374 g/mol. The highest BCUT2D eigenvalue weighted by molar-refractivity contribution is 5.86. The van der Waals surface area contributed by atoms with E-state index in [0.29, 0.717) is 18.4 Å². The van der Waals surface area contributed by atoms with Crippen LogP contribution in [0.25, 0.3) is 10.9 Å². The van der Waals surface area contributed by atoms with Gasteiger partial charge in [-0.25, -0.2) is 4.79 Å². The zero-order valence-corrected chi connectivity index (χ0v) is 16.2. The fourth-order valence-electron chi connectivity index (χ4n) is 5.31. The molecule has 4 nitrogen and oxygen atoms in total. The Labute approximate surface area is 165 Å². The van der Waals surface area contributed by atoms with Gasteiger partial charge in [0.1, 0.15) is 6.61 Å². The van der Waals surface area contributed by atoms with Crippen molar-refractivity contribution in [1.82, 2.24) is 9.88 Å². The first kappa shape index (κ1) is 17.4. The smallest absolute Gasteiger partial charge is 0.410 e. The summed E-state index contributed by atoms with van der Waals surface area (Å²) < 4.78 is 5.73. The van der Waals surface area contributed by atoms with Crippen LogP contribution in [-0.2, 0) is 17.8 Å². The molecule has 1 aromatic heterocycles. The number of benzene rings is 2. The number of aromatic nitrogens is 1. The fraction of sp³-hybridized carbons (Fsp3) is 0.375. The van der Waals surface area contributed by atoms with Gasteiger partial charge >= 0.3 is 6.09 Å². The highest BCUT2D eigenvalue weighted by Crippen LogP contribution is 2.50. The molecule has 144 valence electrons. The van der Waals surface area contributed by atoms with E-state index >= 15 is 0 Å². The van der Waals surface area contributed by atoms with E-state index in [-0.39, 0.29) is 12.1 Å². The maximum absolute atomic E-state index is 13.1. The molecule has 2 aromatic carbocycles. The molecule has 3 atom stereocenters. The summed E-state index contributed by atoms with van der Waals surface area (Å²) in [6, 6.07) is 18.5. The van der Waals surface area contributed by atoms with E-state index in [1.54, 1.807) is 0 Å². The third-order valence-electron chi connectivity index (χ3n) is 6.59. The van der Waals surface area contributed by atoms with Gasteiger partial charge in [0.15, 0.2) is 0 Å². The zero-order chi connectivity index (χ0) is 19.1. The van der Waals surface area contributed by atoms with Crippen LogP contribution in [0.1, 0.15) is 42.6 Å². The predicted octanol–water partition coefficient (Wildman–Crippen LogP) is 5.45. The first-order valence-corrected chi connectivity index (χ1v) is 10.3. The normalized spacial score (nSPS) is 23.5. The molecule has 0 unspecified atom stereocenters. The summed E-state index contributed by atoms with van der Waals surface area (Å²) in [5.74, 6) is 1.12. The summed E-state index contributed by atoms with van der Waals surface area (Å²) in [5, 5.41) is 1.25. The summed E-state index contributed by atoms with van der Waals surface area (Å²) in [4.78, 5) is 18.7. The van der Waals surface area contributed by atoms with Gasteiger partial charge in [-0.3, -0.25) is 0 Å². The molecule has 0 radical (unpaired) electrons. The highest BCUT2D eigenvalue weighted by atomic mass is 16.6. The number of H-pyrrole nitrogens is 1. The van der Waals surface area contributed by atoms with Gasteiger partial charge < -0.3 is 14.6 Å². The van der Waals surface area contributed by atoms with Crippen LogP contribution < -0.4 is 0 Å². The number of amides is 1. The van der Waals surface area contributed by atoms with Crippen molar-refractivity contribution in [2.24, 2.45) is 11.8 Å². The number of hydrogen-bond donors (Lipinski definition) is 1. The van der Waals surface area contributed by atoms with Gasteiger partial charge in [-0.15, -0.1) is 0 Å². The number of piperidine rings is 1. The van der Waals surface area contributed by atoms with Crippen LogP contribution in [-0.4, -0.2) is 22.5 Å².